The minimum atomic E-state index is -0.946. The maximum absolute atomic E-state index is 11.4. The Morgan fingerprint density at radius 3 is 2.86 bits per heavy atom. The summed E-state index contributed by atoms with van der Waals surface area (Å²) in [5, 5.41) is 13.5. The van der Waals surface area contributed by atoms with E-state index in [1.807, 2.05) is 36.0 Å². The Morgan fingerprint density at radius 1 is 1.29 bits per heavy atom. The van der Waals surface area contributed by atoms with Gasteiger partial charge in [0.1, 0.15) is 5.56 Å². The van der Waals surface area contributed by atoms with Crippen LogP contribution in [-0.4, -0.2) is 34.6 Å². The van der Waals surface area contributed by atoms with Crippen molar-refractivity contribution < 1.29 is 9.90 Å². The summed E-state index contributed by atoms with van der Waals surface area (Å²) in [6, 6.07) is 7.61. The molecule has 0 aliphatic rings. The maximum atomic E-state index is 11.4. The first-order chi connectivity index (χ1) is 10.2. The van der Waals surface area contributed by atoms with Crippen molar-refractivity contribution in [1.82, 2.24) is 4.98 Å². The third-order valence-corrected chi connectivity index (χ3v) is 4.03. The Labute approximate surface area is 129 Å². The molecule has 0 aliphatic heterocycles. The molecule has 0 saturated carbocycles. The van der Waals surface area contributed by atoms with Gasteiger partial charge in [-0.3, -0.25) is 4.98 Å². The molecule has 0 unspecified atom stereocenters. The van der Waals surface area contributed by atoms with Crippen molar-refractivity contribution in [2.24, 2.45) is 0 Å². The SMILES string of the molecule is CSCCCCCNc1c(C(=O)O)cnc2ccccc12. The van der Waals surface area contributed by atoms with E-state index >= 15 is 0 Å². The molecule has 4 nitrogen and oxygen atoms in total. The number of fused-ring (bicyclic) bond motifs is 1. The summed E-state index contributed by atoms with van der Waals surface area (Å²) in [6.45, 7) is 0.780. The summed E-state index contributed by atoms with van der Waals surface area (Å²) in [5.41, 5.74) is 1.73. The summed E-state index contributed by atoms with van der Waals surface area (Å²) in [7, 11) is 0. The summed E-state index contributed by atoms with van der Waals surface area (Å²) >= 11 is 1.86. The van der Waals surface area contributed by atoms with Gasteiger partial charge in [0.25, 0.3) is 0 Å². The number of pyridine rings is 1. The van der Waals surface area contributed by atoms with Crippen molar-refractivity contribution in [2.75, 3.05) is 23.9 Å². The Hall–Kier alpha value is -1.75. The van der Waals surface area contributed by atoms with E-state index < -0.39 is 5.97 Å². The quantitative estimate of drug-likeness (QED) is 0.725. The minimum Gasteiger partial charge on any atom is -0.478 e. The van der Waals surface area contributed by atoms with Gasteiger partial charge in [-0.05, 0) is 30.9 Å². The average Bonchev–Trinajstić information content (AvgIpc) is 2.50. The van der Waals surface area contributed by atoms with E-state index in [2.05, 4.69) is 16.6 Å². The van der Waals surface area contributed by atoms with E-state index in [4.69, 9.17) is 0 Å². The molecule has 0 bridgehead atoms. The Morgan fingerprint density at radius 2 is 2.10 bits per heavy atom. The molecule has 2 aromatic rings. The molecule has 1 heterocycles. The van der Waals surface area contributed by atoms with Gasteiger partial charge in [0.2, 0.25) is 0 Å². The lowest BCUT2D eigenvalue weighted by Crippen LogP contribution is -2.09. The second kappa shape index (κ2) is 7.88. The first-order valence-electron chi connectivity index (χ1n) is 7.08. The van der Waals surface area contributed by atoms with E-state index in [-0.39, 0.29) is 5.56 Å². The van der Waals surface area contributed by atoms with E-state index in [0.717, 1.165) is 30.3 Å². The molecule has 0 saturated heterocycles. The van der Waals surface area contributed by atoms with Crippen LogP contribution in [0.15, 0.2) is 30.5 Å². The predicted molar refractivity (Wildman–Crippen MR) is 89.4 cm³/mol. The molecule has 21 heavy (non-hydrogen) atoms. The second-order valence-electron chi connectivity index (χ2n) is 4.85. The average molecular weight is 304 g/mol. The normalized spacial score (nSPS) is 10.7. The Bertz CT molecular complexity index is 616. The molecule has 5 heteroatoms. The van der Waals surface area contributed by atoms with Gasteiger partial charge in [0.15, 0.2) is 0 Å². The summed E-state index contributed by atoms with van der Waals surface area (Å²) in [4.78, 5) is 15.6. The van der Waals surface area contributed by atoms with Gasteiger partial charge in [-0.2, -0.15) is 11.8 Å². The molecule has 1 aromatic heterocycles. The van der Waals surface area contributed by atoms with Gasteiger partial charge in [0.05, 0.1) is 11.2 Å². The van der Waals surface area contributed by atoms with Crippen molar-refractivity contribution in [2.45, 2.75) is 19.3 Å². The number of benzene rings is 1. The molecule has 0 fully saturated rings. The van der Waals surface area contributed by atoms with Crippen LogP contribution >= 0.6 is 11.8 Å². The lowest BCUT2D eigenvalue weighted by atomic mass is 10.1. The summed E-state index contributed by atoms with van der Waals surface area (Å²) < 4.78 is 0. The fourth-order valence-electron chi connectivity index (χ4n) is 2.26. The second-order valence-corrected chi connectivity index (χ2v) is 5.84. The molecular formula is C16H20N2O2S. The van der Waals surface area contributed by atoms with Crippen molar-refractivity contribution in [3.63, 3.8) is 0 Å². The highest BCUT2D eigenvalue weighted by Gasteiger charge is 2.13. The van der Waals surface area contributed by atoms with Gasteiger partial charge in [0, 0.05) is 18.1 Å². The number of nitrogens with one attached hydrogen (secondary N) is 1. The highest BCUT2D eigenvalue weighted by Crippen LogP contribution is 2.26. The van der Waals surface area contributed by atoms with Gasteiger partial charge in [-0.15, -0.1) is 0 Å². The molecule has 0 amide bonds. The molecule has 2 rings (SSSR count). The first kappa shape index (κ1) is 15.6. The zero-order valence-corrected chi connectivity index (χ0v) is 12.9. The monoisotopic (exact) mass is 304 g/mol. The summed E-state index contributed by atoms with van der Waals surface area (Å²) in [6.07, 6.45) is 6.93. The molecular weight excluding hydrogens is 284 g/mol. The van der Waals surface area contributed by atoms with E-state index in [1.165, 1.54) is 18.4 Å². The molecule has 0 atom stereocenters. The van der Waals surface area contributed by atoms with Gasteiger partial charge in [-0.25, -0.2) is 4.79 Å². The number of carbonyl (C=O) groups is 1. The number of carboxylic acid groups (broad SMARTS) is 1. The number of unbranched alkanes of at least 4 members (excludes halogenated alkanes) is 2. The molecule has 0 radical (unpaired) electrons. The number of aromatic carboxylic acids is 1. The lowest BCUT2D eigenvalue weighted by Gasteiger charge is -2.12. The fraction of sp³-hybridized carbons (Fsp3) is 0.375. The molecule has 112 valence electrons. The number of hydrogen-bond donors (Lipinski definition) is 2. The van der Waals surface area contributed by atoms with Crippen LogP contribution < -0.4 is 5.32 Å². The maximum Gasteiger partial charge on any atom is 0.339 e. The number of para-hydroxylation sites is 1. The lowest BCUT2D eigenvalue weighted by molar-refractivity contribution is 0.0697. The molecule has 1 aromatic carbocycles. The largest absolute Gasteiger partial charge is 0.478 e. The zero-order valence-electron chi connectivity index (χ0n) is 12.1. The van der Waals surface area contributed by atoms with Gasteiger partial charge >= 0.3 is 5.97 Å². The topological polar surface area (TPSA) is 62.2 Å². The van der Waals surface area contributed by atoms with Gasteiger partial charge in [-0.1, -0.05) is 24.6 Å². The number of anilines is 1. The third-order valence-electron chi connectivity index (χ3n) is 3.33. The van der Waals surface area contributed by atoms with Crippen molar-refractivity contribution in [3.05, 3.63) is 36.0 Å². The highest BCUT2D eigenvalue weighted by atomic mass is 32.2. The van der Waals surface area contributed by atoms with Crippen LogP contribution in [0.1, 0.15) is 29.6 Å². The van der Waals surface area contributed by atoms with E-state index in [1.54, 1.807) is 0 Å². The number of carboxylic acids is 1. The summed E-state index contributed by atoms with van der Waals surface area (Å²) in [5.74, 6) is 0.233. The number of rotatable bonds is 8. The van der Waals surface area contributed by atoms with E-state index in [9.17, 15) is 9.90 Å². The smallest absolute Gasteiger partial charge is 0.339 e. The molecule has 0 spiro atoms. The molecule has 0 aliphatic carbocycles. The van der Waals surface area contributed by atoms with Crippen molar-refractivity contribution in [1.29, 1.82) is 0 Å². The van der Waals surface area contributed by atoms with Crippen LogP contribution in [0, 0.1) is 0 Å². The molecule has 2 N–H and O–H groups in total. The Balaban J connectivity index is 2.12. The van der Waals surface area contributed by atoms with Crippen LogP contribution in [0.2, 0.25) is 0 Å². The fourth-order valence-corrected chi connectivity index (χ4v) is 2.75. The van der Waals surface area contributed by atoms with Crippen LogP contribution in [0.3, 0.4) is 0 Å². The third kappa shape index (κ3) is 4.11. The first-order valence-corrected chi connectivity index (χ1v) is 8.47. The van der Waals surface area contributed by atoms with Crippen LogP contribution in [0.25, 0.3) is 10.9 Å². The number of aromatic nitrogens is 1. The predicted octanol–water partition coefficient (Wildman–Crippen LogP) is 3.88. The minimum absolute atomic E-state index is 0.234. The number of nitrogens with zero attached hydrogens (tertiary/aromatic N) is 1. The zero-order chi connectivity index (χ0) is 15.1. The van der Waals surface area contributed by atoms with Crippen LogP contribution in [0.5, 0.6) is 0 Å². The van der Waals surface area contributed by atoms with Gasteiger partial charge < -0.3 is 10.4 Å². The Kier molecular flexibility index (Phi) is 5.87. The standard InChI is InChI=1S/C16H20N2O2S/c1-21-10-6-2-5-9-17-15-12-7-3-4-8-14(12)18-11-13(15)16(19)20/h3-4,7-8,11H,2,5-6,9-10H2,1H3,(H,17,18)(H,19,20). The number of thioether (sulfide) groups is 1. The van der Waals surface area contributed by atoms with Crippen LogP contribution in [0.4, 0.5) is 5.69 Å². The van der Waals surface area contributed by atoms with E-state index in [0.29, 0.717) is 5.69 Å². The van der Waals surface area contributed by atoms with Crippen molar-refractivity contribution in [3.8, 4) is 0 Å². The van der Waals surface area contributed by atoms with Crippen LogP contribution in [-0.2, 0) is 0 Å². The van der Waals surface area contributed by atoms with Crippen molar-refractivity contribution >= 4 is 34.3 Å². The highest BCUT2D eigenvalue weighted by molar-refractivity contribution is 7.98. The number of hydrogen-bond acceptors (Lipinski definition) is 4.